The third-order valence-electron chi connectivity index (χ3n) is 3.27. The standard InChI is InChI=1S/C13H19BrN2/c1-15-9-8-11-5-4-10-16(11)13-7-3-2-6-12(13)14/h2-3,6-7,11,15H,4-5,8-10H2,1H3. The first kappa shape index (κ1) is 11.9. The van der Waals surface area contributed by atoms with E-state index in [1.165, 1.54) is 36.0 Å². The number of hydrogen-bond donors (Lipinski definition) is 1. The largest absolute Gasteiger partial charge is 0.368 e. The zero-order valence-corrected chi connectivity index (χ0v) is 11.3. The van der Waals surface area contributed by atoms with E-state index in [-0.39, 0.29) is 0 Å². The number of halogens is 1. The summed E-state index contributed by atoms with van der Waals surface area (Å²) in [6.07, 6.45) is 3.87. The smallest absolute Gasteiger partial charge is 0.0513 e. The molecule has 0 saturated carbocycles. The first-order valence-electron chi connectivity index (χ1n) is 5.98. The van der Waals surface area contributed by atoms with E-state index in [1.54, 1.807) is 0 Å². The van der Waals surface area contributed by atoms with E-state index in [0.29, 0.717) is 6.04 Å². The second-order valence-corrected chi connectivity index (χ2v) is 5.19. The number of benzene rings is 1. The zero-order chi connectivity index (χ0) is 11.4. The molecule has 2 rings (SSSR count). The van der Waals surface area contributed by atoms with Crippen molar-refractivity contribution in [2.45, 2.75) is 25.3 Å². The Morgan fingerprint density at radius 2 is 2.25 bits per heavy atom. The fraction of sp³-hybridized carbons (Fsp3) is 0.538. The molecule has 1 aromatic carbocycles. The summed E-state index contributed by atoms with van der Waals surface area (Å²) in [4.78, 5) is 2.54. The maximum Gasteiger partial charge on any atom is 0.0513 e. The highest BCUT2D eigenvalue weighted by Crippen LogP contribution is 2.32. The van der Waals surface area contributed by atoms with Gasteiger partial charge in [-0.25, -0.2) is 0 Å². The van der Waals surface area contributed by atoms with Gasteiger partial charge in [-0.15, -0.1) is 0 Å². The van der Waals surface area contributed by atoms with Crippen LogP contribution in [0.5, 0.6) is 0 Å². The van der Waals surface area contributed by atoms with Gasteiger partial charge in [0.05, 0.1) is 5.69 Å². The van der Waals surface area contributed by atoms with E-state index in [2.05, 4.69) is 50.4 Å². The second-order valence-electron chi connectivity index (χ2n) is 4.33. The predicted octanol–water partition coefficient (Wildman–Crippen LogP) is 3.03. The van der Waals surface area contributed by atoms with Gasteiger partial charge in [-0.1, -0.05) is 12.1 Å². The van der Waals surface area contributed by atoms with Gasteiger partial charge in [0.25, 0.3) is 0 Å². The number of hydrogen-bond acceptors (Lipinski definition) is 2. The molecular formula is C13H19BrN2. The van der Waals surface area contributed by atoms with Crippen molar-refractivity contribution in [1.29, 1.82) is 0 Å². The molecule has 1 atom stereocenters. The zero-order valence-electron chi connectivity index (χ0n) is 9.75. The van der Waals surface area contributed by atoms with Crippen LogP contribution < -0.4 is 10.2 Å². The van der Waals surface area contributed by atoms with Crippen molar-refractivity contribution in [2.24, 2.45) is 0 Å². The first-order chi connectivity index (χ1) is 7.83. The van der Waals surface area contributed by atoms with Crippen molar-refractivity contribution in [3.8, 4) is 0 Å². The lowest BCUT2D eigenvalue weighted by Gasteiger charge is -2.27. The number of anilines is 1. The Hall–Kier alpha value is -0.540. The van der Waals surface area contributed by atoms with Gasteiger partial charge in [0.2, 0.25) is 0 Å². The van der Waals surface area contributed by atoms with Crippen LogP contribution in [0, 0.1) is 0 Å². The van der Waals surface area contributed by atoms with Gasteiger partial charge in [0, 0.05) is 17.1 Å². The lowest BCUT2D eigenvalue weighted by atomic mass is 10.1. The molecule has 1 heterocycles. The van der Waals surface area contributed by atoms with Gasteiger partial charge in [0.1, 0.15) is 0 Å². The van der Waals surface area contributed by atoms with Crippen LogP contribution in [0.25, 0.3) is 0 Å². The summed E-state index contributed by atoms with van der Waals surface area (Å²) >= 11 is 3.64. The molecule has 1 N–H and O–H groups in total. The Labute approximate surface area is 106 Å². The monoisotopic (exact) mass is 282 g/mol. The molecule has 0 radical (unpaired) electrons. The third kappa shape index (κ3) is 2.58. The number of nitrogens with one attached hydrogen (secondary N) is 1. The molecule has 1 unspecified atom stereocenters. The SMILES string of the molecule is CNCCC1CCCN1c1ccccc1Br. The van der Waals surface area contributed by atoms with Crippen molar-refractivity contribution < 1.29 is 0 Å². The fourth-order valence-electron chi connectivity index (χ4n) is 2.45. The molecule has 16 heavy (non-hydrogen) atoms. The Morgan fingerprint density at radius 3 is 3.00 bits per heavy atom. The molecule has 1 fully saturated rings. The Balaban J connectivity index is 2.10. The Bertz CT molecular complexity index is 340. The van der Waals surface area contributed by atoms with Gasteiger partial charge in [-0.3, -0.25) is 0 Å². The van der Waals surface area contributed by atoms with Crippen molar-refractivity contribution >= 4 is 21.6 Å². The van der Waals surface area contributed by atoms with E-state index < -0.39 is 0 Å². The maximum atomic E-state index is 3.64. The number of nitrogens with zero attached hydrogens (tertiary/aromatic N) is 1. The third-order valence-corrected chi connectivity index (χ3v) is 3.94. The summed E-state index contributed by atoms with van der Waals surface area (Å²) in [6, 6.07) is 9.23. The fourth-order valence-corrected chi connectivity index (χ4v) is 2.96. The molecule has 0 amide bonds. The van der Waals surface area contributed by atoms with Gasteiger partial charge in [-0.2, -0.15) is 0 Å². The van der Waals surface area contributed by atoms with Crippen LogP contribution in [0.2, 0.25) is 0 Å². The minimum absolute atomic E-state index is 0.700. The minimum atomic E-state index is 0.700. The molecule has 88 valence electrons. The molecule has 1 saturated heterocycles. The van der Waals surface area contributed by atoms with Crippen molar-refractivity contribution in [3.63, 3.8) is 0 Å². The van der Waals surface area contributed by atoms with Crippen LogP contribution in [-0.2, 0) is 0 Å². The highest BCUT2D eigenvalue weighted by atomic mass is 79.9. The van der Waals surface area contributed by atoms with Gasteiger partial charge in [-0.05, 0) is 60.9 Å². The highest BCUT2D eigenvalue weighted by Gasteiger charge is 2.25. The van der Waals surface area contributed by atoms with E-state index >= 15 is 0 Å². The van der Waals surface area contributed by atoms with E-state index in [9.17, 15) is 0 Å². The van der Waals surface area contributed by atoms with Crippen LogP contribution in [0.4, 0.5) is 5.69 Å². The normalized spacial score (nSPS) is 20.4. The molecule has 0 aromatic heterocycles. The van der Waals surface area contributed by atoms with Gasteiger partial charge in [0.15, 0.2) is 0 Å². The summed E-state index contributed by atoms with van der Waals surface area (Å²) in [7, 11) is 2.03. The van der Waals surface area contributed by atoms with E-state index in [0.717, 1.165) is 6.54 Å². The van der Waals surface area contributed by atoms with Crippen molar-refractivity contribution in [1.82, 2.24) is 5.32 Å². The van der Waals surface area contributed by atoms with Crippen LogP contribution in [0.1, 0.15) is 19.3 Å². The summed E-state index contributed by atoms with van der Waals surface area (Å²) < 4.78 is 1.21. The number of para-hydroxylation sites is 1. The second kappa shape index (κ2) is 5.69. The topological polar surface area (TPSA) is 15.3 Å². The van der Waals surface area contributed by atoms with Crippen LogP contribution >= 0.6 is 15.9 Å². The quantitative estimate of drug-likeness (QED) is 0.913. The van der Waals surface area contributed by atoms with Crippen LogP contribution in [0.3, 0.4) is 0 Å². The molecule has 0 spiro atoms. The average Bonchev–Trinajstić information content (AvgIpc) is 2.75. The first-order valence-corrected chi connectivity index (χ1v) is 6.78. The van der Waals surface area contributed by atoms with Crippen molar-refractivity contribution in [2.75, 3.05) is 25.0 Å². The molecule has 0 aliphatic carbocycles. The Kier molecular flexibility index (Phi) is 4.24. The van der Waals surface area contributed by atoms with E-state index in [4.69, 9.17) is 0 Å². The highest BCUT2D eigenvalue weighted by molar-refractivity contribution is 9.10. The van der Waals surface area contributed by atoms with Crippen molar-refractivity contribution in [3.05, 3.63) is 28.7 Å². The minimum Gasteiger partial charge on any atom is -0.368 e. The van der Waals surface area contributed by atoms with Gasteiger partial charge < -0.3 is 10.2 Å². The molecular weight excluding hydrogens is 264 g/mol. The summed E-state index contributed by atoms with van der Waals surface area (Å²) in [6.45, 7) is 2.29. The average molecular weight is 283 g/mol. The van der Waals surface area contributed by atoms with E-state index in [1.807, 2.05) is 7.05 Å². The van der Waals surface area contributed by atoms with Crippen LogP contribution in [-0.4, -0.2) is 26.2 Å². The number of rotatable bonds is 4. The summed E-state index contributed by atoms with van der Waals surface area (Å²) in [5.74, 6) is 0. The molecule has 1 aromatic rings. The molecule has 3 heteroatoms. The molecule has 0 bridgehead atoms. The maximum absolute atomic E-state index is 3.64. The summed E-state index contributed by atoms with van der Waals surface area (Å²) in [5.41, 5.74) is 1.35. The Morgan fingerprint density at radius 1 is 1.44 bits per heavy atom. The lowest BCUT2D eigenvalue weighted by Crippen LogP contribution is -2.31. The van der Waals surface area contributed by atoms with Gasteiger partial charge >= 0.3 is 0 Å². The lowest BCUT2D eigenvalue weighted by molar-refractivity contribution is 0.585. The molecule has 1 aliphatic rings. The predicted molar refractivity (Wildman–Crippen MR) is 73.1 cm³/mol. The van der Waals surface area contributed by atoms with Crippen LogP contribution in [0.15, 0.2) is 28.7 Å². The molecule has 2 nitrogen and oxygen atoms in total. The molecule has 1 aliphatic heterocycles. The summed E-state index contributed by atoms with van der Waals surface area (Å²) in [5, 5.41) is 3.24.